The molecule has 0 spiro atoms. The lowest BCUT2D eigenvalue weighted by atomic mass is 10.0. The van der Waals surface area contributed by atoms with Crippen LogP contribution in [0.3, 0.4) is 0 Å². The van der Waals surface area contributed by atoms with Crippen molar-refractivity contribution in [3.8, 4) is 5.75 Å². The fourth-order valence-electron chi connectivity index (χ4n) is 1.98. The van der Waals surface area contributed by atoms with Gasteiger partial charge >= 0.3 is 0 Å². The van der Waals surface area contributed by atoms with Crippen LogP contribution in [0.1, 0.15) is 23.4 Å². The summed E-state index contributed by atoms with van der Waals surface area (Å²) in [5.74, 6) is 0.937. The van der Waals surface area contributed by atoms with Gasteiger partial charge in [-0.1, -0.05) is 18.2 Å². The zero-order chi connectivity index (χ0) is 12.8. The quantitative estimate of drug-likeness (QED) is 0.857. The second-order valence-electron chi connectivity index (χ2n) is 4.13. The fourth-order valence-corrected chi connectivity index (χ4v) is 2.73. The second-order valence-corrected chi connectivity index (χ2v) is 5.16. The van der Waals surface area contributed by atoms with Gasteiger partial charge in [0.2, 0.25) is 0 Å². The third-order valence-electron chi connectivity index (χ3n) is 2.93. The maximum absolute atomic E-state index is 5.46. The Balaban J connectivity index is 2.07. The van der Waals surface area contributed by atoms with Gasteiger partial charge in [0.25, 0.3) is 0 Å². The van der Waals surface area contributed by atoms with Gasteiger partial charge < -0.3 is 10.1 Å². The zero-order valence-corrected chi connectivity index (χ0v) is 11.7. The van der Waals surface area contributed by atoms with Gasteiger partial charge in [-0.2, -0.15) is 0 Å². The molecule has 96 valence electrons. The summed E-state index contributed by atoms with van der Waals surface area (Å²) in [4.78, 5) is 1.41. The number of ether oxygens (including phenoxy) is 1. The van der Waals surface area contributed by atoms with Crippen molar-refractivity contribution >= 4 is 11.3 Å². The first kappa shape index (κ1) is 13.1. The summed E-state index contributed by atoms with van der Waals surface area (Å²) in [7, 11) is 2.01. The van der Waals surface area contributed by atoms with Gasteiger partial charge in [-0.05, 0) is 43.1 Å². The van der Waals surface area contributed by atoms with Gasteiger partial charge in [0, 0.05) is 17.3 Å². The summed E-state index contributed by atoms with van der Waals surface area (Å²) < 4.78 is 5.46. The van der Waals surface area contributed by atoms with Crippen LogP contribution in [0.5, 0.6) is 5.75 Å². The first-order valence-corrected chi connectivity index (χ1v) is 7.14. The monoisotopic (exact) mass is 261 g/mol. The fraction of sp³-hybridized carbons (Fsp3) is 0.333. The zero-order valence-electron chi connectivity index (χ0n) is 10.8. The molecule has 2 nitrogen and oxygen atoms in total. The highest BCUT2D eigenvalue weighted by Crippen LogP contribution is 2.23. The van der Waals surface area contributed by atoms with E-state index in [0.717, 1.165) is 12.2 Å². The molecule has 3 heteroatoms. The minimum atomic E-state index is 0.360. The maximum Gasteiger partial charge on any atom is 0.119 e. The van der Waals surface area contributed by atoms with E-state index >= 15 is 0 Å². The minimum absolute atomic E-state index is 0.360. The Morgan fingerprint density at radius 2 is 2.00 bits per heavy atom. The standard InChI is InChI=1S/C15H19NOS/c1-3-17-13-8-6-12(7-9-13)15(16-2)11-14-5-4-10-18-14/h4-10,15-16H,3,11H2,1-2H3. The first-order valence-electron chi connectivity index (χ1n) is 6.26. The maximum atomic E-state index is 5.46. The van der Waals surface area contributed by atoms with Crippen molar-refractivity contribution in [2.24, 2.45) is 0 Å². The summed E-state index contributed by atoms with van der Waals surface area (Å²) in [5, 5.41) is 5.50. The largest absolute Gasteiger partial charge is 0.494 e. The second kappa shape index (κ2) is 6.57. The van der Waals surface area contributed by atoms with Gasteiger partial charge in [-0.25, -0.2) is 0 Å². The molecule has 1 atom stereocenters. The smallest absolute Gasteiger partial charge is 0.119 e. The highest BCUT2D eigenvalue weighted by atomic mass is 32.1. The first-order chi connectivity index (χ1) is 8.83. The average molecular weight is 261 g/mol. The predicted molar refractivity (Wildman–Crippen MR) is 77.4 cm³/mol. The molecular formula is C15H19NOS. The van der Waals surface area contributed by atoms with Crippen LogP contribution in [0.4, 0.5) is 0 Å². The summed E-state index contributed by atoms with van der Waals surface area (Å²) in [6, 6.07) is 13.0. The lowest BCUT2D eigenvalue weighted by Crippen LogP contribution is -2.18. The predicted octanol–water partition coefficient (Wildman–Crippen LogP) is 3.65. The van der Waals surface area contributed by atoms with E-state index in [1.807, 2.05) is 37.4 Å². The van der Waals surface area contributed by atoms with Crippen LogP contribution in [0.2, 0.25) is 0 Å². The molecule has 0 saturated heterocycles. The Hall–Kier alpha value is -1.32. The lowest BCUT2D eigenvalue weighted by Gasteiger charge is -2.16. The number of thiophene rings is 1. The Morgan fingerprint density at radius 1 is 1.22 bits per heavy atom. The molecule has 1 unspecified atom stereocenters. The number of likely N-dealkylation sites (N-methyl/N-ethyl adjacent to an activating group) is 1. The molecule has 0 bridgehead atoms. The number of benzene rings is 1. The van der Waals surface area contributed by atoms with Crippen LogP contribution in [0, 0.1) is 0 Å². The van der Waals surface area contributed by atoms with E-state index in [1.165, 1.54) is 10.4 Å². The molecule has 1 aromatic carbocycles. The molecule has 0 aliphatic heterocycles. The SMILES string of the molecule is CCOc1ccc(C(Cc2cccs2)NC)cc1. The van der Waals surface area contributed by atoms with Crippen LogP contribution < -0.4 is 10.1 Å². The van der Waals surface area contributed by atoms with Crippen LogP contribution in [0.25, 0.3) is 0 Å². The van der Waals surface area contributed by atoms with Crippen LogP contribution in [-0.4, -0.2) is 13.7 Å². The minimum Gasteiger partial charge on any atom is -0.494 e. The van der Waals surface area contributed by atoms with Crippen LogP contribution in [0.15, 0.2) is 41.8 Å². The lowest BCUT2D eigenvalue weighted by molar-refractivity contribution is 0.340. The number of hydrogen-bond donors (Lipinski definition) is 1. The Labute approximate surface area is 113 Å². The van der Waals surface area contributed by atoms with Gasteiger partial charge in [-0.3, -0.25) is 0 Å². The van der Waals surface area contributed by atoms with Crippen LogP contribution >= 0.6 is 11.3 Å². The third-order valence-corrected chi connectivity index (χ3v) is 3.83. The van der Waals surface area contributed by atoms with Crippen molar-refractivity contribution in [2.75, 3.05) is 13.7 Å². The Bertz CT molecular complexity index is 450. The van der Waals surface area contributed by atoms with Gasteiger partial charge in [0.05, 0.1) is 6.61 Å². The normalized spacial score (nSPS) is 12.3. The molecule has 1 N–H and O–H groups in total. The Morgan fingerprint density at radius 3 is 2.56 bits per heavy atom. The molecule has 0 radical (unpaired) electrons. The van der Waals surface area contributed by atoms with E-state index in [1.54, 1.807) is 0 Å². The number of hydrogen-bond acceptors (Lipinski definition) is 3. The molecule has 2 aromatic rings. The van der Waals surface area contributed by atoms with E-state index in [2.05, 4.69) is 35.0 Å². The van der Waals surface area contributed by atoms with E-state index in [9.17, 15) is 0 Å². The molecule has 1 heterocycles. The number of rotatable bonds is 6. The van der Waals surface area contributed by atoms with E-state index in [4.69, 9.17) is 4.74 Å². The van der Waals surface area contributed by atoms with Gasteiger partial charge in [0.15, 0.2) is 0 Å². The summed E-state index contributed by atoms with van der Waals surface area (Å²) in [6.45, 7) is 2.71. The summed E-state index contributed by atoms with van der Waals surface area (Å²) in [6.07, 6.45) is 1.03. The van der Waals surface area contributed by atoms with Gasteiger partial charge in [0.1, 0.15) is 5.75 Å². The third kappa shape index (κ3) is 3.34. The molecule has 18 heavy (non-hydrogen) atoms. The van der Waals surface area contributed by atoms with Crippen LogP contribution in [-0.2, 0) is 6.42 Å². The molecule has 0 aliphatic rings. The molecule has 0 aliphatic carbocycles. The Kier molecular flexibility index (Phi) is 4.79. The van der Waals surface area contributed by atoms with Crippen molar-refractivity contribution in [1.82, 2.24) is 5.32 Å². The molecular weight excluding hydrogens is 242 g/mol. The van der Waals surface area contributed by atoms with E-state index in [0.29, 0.717) is 12.6 Å². The topological polar surface area (TPSA) is 21.3 Å². The number of nitrogens with one attached hydrogen (secondary N) is 1. The average Bonchev–Trinajstić information content (AvgIpc) is 2.90. The van der Waals surface area contributed by atoms with Crippen molar-refractivity contribution in [1.29, 1.82) is 0 Å². The molecule has 1 aromatic heterocycles. The molecule has 2 rings (SSSR count). The van der Waals surface area contributed by atoms with Crippen molar-refractivity contribution < 1.29 is 4.74 Å². The van der Waals surface area contributed by atoms with E-state index in [-0.39, 0.29) is 0 Å². The summed E-state index contributed by atoms with van der Waals surface area (Å²) >= 11 is 1.81. The van der Waals surface area contributed by atoms with Crippen molar-refractivity contribution in [2.45, 2.75) is 19.4 Å². The van der Waals surface area contributed by atoms with Gasteiger partial charge in [-0.15, -0.1) is 11.3 Å². The highest BCUT2D eigenvalue weighted by molar-refractivity contribution is 7.09. The summed E-state index contributed by atoms with van der Waals surface area (Å²) in [5.41, 5.74) is 1.30. The molecule has 0 amide bonds. The van der Waals surface area contributed by atoms with E-state index < -0.39 is 0 Å². The van der Waals surface area contributed by atoms with Crippen molar-refractivity contribution in [3.63, 3.8) is 0 Å². The highest BCUT2D eigenvalue weighted by Gasteiger charge is 2.10. The molecule has 0 saturated carbocycles. The van der Waals surface area contributed by atoms with Crippen molar-refractivity contribution in [3.05, 3.63) is 52.2 Å². The molecule has 0 fully saturated rings.